The quantitative estimate of drug-likeness (QED) is 0.789. The van der Waals surface area contributed by atoms with E-state index in [0.29, 0.717) is 0 Å². The fourth-order valence-corrected chi connectivity index (χ4v) is 2.87. The molecule has 3 heteroatoms. The molecular formula is C16H18N2O. The van der Waals surface area contributed by atoms with Crippen LogP contribution in [0.1, 0.15) is 17.0 Å². The molecule has 0 amide bonds. The van der Waals surface area contributed by atoms with Gasteiger partial charge in [-0.05, 0) is 46.5 Å². The minimum absolute atomic E-state index is 0.0756. The summed E-state index contributed by atoms with van der Waals surface area (Å²) in [4.78, 5) is 0. The molecule has 0 spiro atoms. The lowest BCUT2D eigenvalue weighted by molar-refractivity contribution is 0.282. The van der Waals surface area contributed by atoms with Crippen LogP contribution >= 0.6 is 0 Å². The van der Waals surface area contributed by atoms with E-state index in [-0.39, 0.29) is 12.5 Å². The van der Waals surface area contributed by atoms with Crippen molar-refractivity contribution >= 4 is 11.4 Å². The van der Waals surface area contributed by atoms with Gasteiger partial charge in [0.25, 0.3) is 0 Å². The summed E-state index contributed by atoms with van der Waals surface area (Å²) in [6, 6.07) is 12.7. The fourth-order valence-electron chi connectivity index (χ4n) is 2.87. The third-order valence-corrected chi connectivity index (χ3v) is 3.90. The molecule has 0 aromatic heterocycles. The summed E-state index contributed by atoms with van der Waals surface area (Å²) >= 11 is 0. The van der Waals surface area contributed by atoms with Crippen molar-refractivity contribution in [3.63, 3.8) is 0 Å². The highest BCUT2D eigenvalue weighted by Crippen LogP contribution is 2.46. The predicted molar refractivity (Wildman–Crippen MR) is 79.9 cm³/mol. The third-order valence-electron chi connectivity index (χ3n) is 3.90. The second-order valence-corrected chi connectivity index (χ2v) is 4.84. The summed E-state index contributed by atoms with van der Waals surface area (Å²) in [6.45, 7) is 0.139. The van der Waals surface area contributed by atoms with Gasteiger partial charge in [0.15, 0.2) is 0 Å². The number of benzene rings is 2. The first-order valence-corrected chi connectivity index (χ1v) is 6.53. The van der Waals surface area contributed by atoms with E-state index >= 15 is 0 Å². The van der Waals surface area contributed by atoms with E-state index in [1.54, 1.807) is 0 Å². The summed E-state index contributed by atoms with van der Waals surface area (Å²) in [6.07, 6.45) is 0. The maximum absolute atomic E-state index is 9.75. The molecule has 0 atom stereocenters. The van der Waals surface area contributed by atoms with E-state index in [2.05, 4.69) is 47.0 Å². The van der Waals surface area contributed by atoms with Crippen LogP contribution in [-0.2, 0) is 0 Å². The lowest BCUT2D eigenvalue weighted by Gasteiger charge is -2.11. The van der Waals surface area contributed by atoms with Crippen LogP contribution in [0.4, 0.5) is 11.4 Å². The number of anilines is 2. The molecule has 0 unspecified atom stereocenters. The van der Waals surface area contributed by atoms with Gasteiger partial charge in [0.2, 0.25) is 0 Å². The van der Waals surface area contributed by atoms with Gasteiger partial charge in [-0.25, -0.2) is 0 Å². The summed E-state index contributed by atoms with van der Waals surface area (Å²) in [5.41, 5.74) is 7.04. The van der Waals surface area contributed by atoms with Crippen molar-refractivity contribution in [1.82, 2.24) is 0 Å². The van der Waals surface area contributed by atoms with Crippen molar-refractivity contribution in [3.05, 3.63) is 47.5 Å². The summed E-state index contributed by atoms with van der Waals surface area (Å²) in [7, 11) is 3.83. The first kappa shape index (κ1) is 12.1. The van der Waals surface area contributed by atoms with Gasteiger partial charge in [-0.2, -0.15) is 0 Å². The number of hydrogen-bond donors (Lipinski definition) is 3. The Morgan fingerprint density at radius 2 is 1.37 bits per heavy atom. The molecule has 98 valence electrons. The summed E-state index contributed by atoms with van der Waals surface area (Å²) in [5.74, 6) is 0.0756. The monoisotopic (exact) mass is 254 g/mol. The largest absolute Gasteiger partial charge is 0.395 e. The molecule has 0 radical (unpaired) electrons. The minimum Gasteiger partial charge on any atom is -0.395 e. The Morgan fingerprint density at radius 3 is 1.74 bits per heavy atom. The second-order valence-electron chi connectivity index (χ2n) is 4.84. The summed E-state index contributed by atoms with van der Waals surface area (Å²) < 4.78 is 0. The Hall–Kier alpha value is -2.00. The Morgan fingerprint density at radius 1 is 0.895 bits per heavy atom. The van der Waals surface area contributed by atoms with Crippen molar-refractivity contribution in [1.29, 1.82) is 0 Å². The smallest absolute Gasteiger partial charge is 0.0540 e. The molecule has 1 aliphatic carbocycles. The average molecular weight is 254 g/mol. The van der Waals surface area contributed by atoms with Crippen LogP contribution in [-0.4, -0.2) is 25.8 Å². The molecule has 2 aromatic rings. The van der Waals surface area contributed by atoms with E-state index < -0.39 is 0 Å². The molecule has 0 heterocycles. The van der Waals surface area contributed by atoms with Crippen LogP contribution < -0.4 is 10.6 Å². The van der Waals surface area contributed by atoms with Crippen LogP contribution in [0.25, 0.3) is 11.1 Å². The SMILES string of the molecule is CNc1ccc2c(c1)C(CO)c1cc(NC)ccc1-2. The van der Waals surface area contributed by atoms with Gasteiger partial charge >= 0.3 is 0 Å². The molecule has 1 aliphatic rings. The molecule has 3 N–H and O–H groups in total. The van der Waals surface area contributed by atoms with Crippen LogP contribution in [0.2, 0.25) is 0 Å². The van der Waals surface area contributed by atoms with Crippen LogP contribution in [0.5, 0.6) is 0 Å². The fraction of sp³-hybridized carbons (Fsp3) is 0.250. The molecule has 0 saturated heterocycles. The molecule has 0 aliphatic heterocycles. The van der Waals surface area contributed by atoms with Crippen LogP contribution in [0, 0.1) is 0 Å². The van der Waals surface area contributed by atoms with E-state index in [0.717, 1.165) is 11.4 Å². The second kappa shape index (κ2) is 4.59. The van der Waals surface area contributed by atoms with Gasteiger partial charge < -0.3 is 15.7 Å². The normalized spacial score (nSPS) is 13.0. The maximum Gasteiger partial charge on any atom is 0.0540 e. The van der Waals surface area contributed by atoms with Crippen molar-refractivity contribution in [2.24, 2.45) is 0 Å². The van der Waals surface area contributed by atoms with Crippen molar-refractivity contribution < 1.29 is 5.11 Å². The lowest BCUT2D eigenvalue weighted by atomic mass is 9.97. The van der Waals surface area contributed by atoms with E-state index in [1.165, 1.54) is 22.3 Å². The number of aliphatic hydroxyl groups excluding tert-OH is 1. The molecule has 0 saturated carbocycles. The molecule has 19 heavy (non-hydrogen) atoms. The molecule has 0 bridgehead atoms. The number of hydrogen-bond acceptors (Lipinski definition) is 3. The van der Waals surface area contributed by atoms with Gasteiger partial charge in [-0.1, -0.05) is 12.1 Å². The van der Waals surface area contributed by atoms with Crippen LogP contribution in [0.3, 0.4) is 0 Å². The number of nitrogens with one attached hydrogen (secondary N) is 2. The first-order valence-electron chi connectivity index (χ1n) is 6.53. The third kappa shape index (κ3) is 1.78. The zero-order chi connectivity index (χ0) is 13.4. The van der Waals surface area contributed by atoms with Gasteiger partial charge in [0.05, 0.1) is 6.61 Å². The highest BCUT2D eigenvalue weighted by Gasteiger charge is 2.28. The van der Waals surface area contributed by atoms with Gasteiger partial charge in [0, 0.05) is 31.4 Å². The molecular weight excluding hydrogens is 236 g/mol. The topological polar surface area (TPSA) is 44.3 Å². The van der Waals surface area contributed by atoms with E-state index in [1.807, 2.05) is 14.1 Å². The standard InChI is InChI=1S/C16H18N2O/c1-17-10-3-5-12-13-6-4-11(18-2)8-15(13)16(9-19)14(12)7-10/h3-8,16-19H,9H2,1-2H3. The highest BCUT2D eigenvalue weighted by atomic mass is 16.3. The average Bonchev–Trinajstić information content (AvgIpc) is 2.78. The Bertz CT molecular complexity index is 569. The van der Waals surface area contributed by atoms with Crippen molar-refractivity contribution in [3.8, 4) is 11.1 Å². The van der Waals surface area contributed by atoms with Crippen molar-refractivity contribution in [2.45, 2.75) is 5.92 Å². The number of aliphatic hydroxyl groups is 1. The summed E-state index contributed by atoms with van der Waals surface area (Å²) in [5, 5.41) is 16.1. The zero-order valence-corrected chi connectivity index (χ0v) is 11.2. The Balaban J connectivity index is 2.19. The highest BCUT2D eigenvalue weighted by molar-refractivity contribution is 5.82. The zero-order valence-electron chi connectivity index (χ0n) is 11.2. The Labute approximate surface area is 113 Å². The van der Waals surface area contributed by atoms with Gasteiger partial charge in [-0.3, -0.25) is 0 Å². The minimum atomic E-state index is 0.0756. The Kier molecular flexibility index (Phi) is 2.91. The maximum atomic E-state index is 9.75. The lowest BCUT2D eigenvalue weighted by Crippen LogP contribution is -2.03. The number of rotatable bonds is 3. The first-order chi connectivity index (χ1) is 9.28. The number of fused-ring (bicyclic) bond motifs is 3. The van der Waals surface area contributed by atoms with Gasteiger partial charge in [0.1, 0.15) is 0 Å². The van der Waals surface area contributed by atoms with E-state index in [4.69, 9.17) is 0 Å². The molecule has 3 nitrogen and oxygen atoms in total. The van der Waals surface area contributed by atoms with E-state index in [9.17, 15) is 5.11 Å². The van der Waals surface area contributed by atoms with Gasteiger partial charge in [-0.15, -0.1) is 0 Å². The molecule has 2 aromatic carbocycles. The predicted octanol–water partition coefficient (Wildman–Crippen LogP) is 2.87. The molecule has 3 rings (SSSR count). The van der Waals surface area contributed by atoms with Crippen molar-refractivity contribution in [2.75, 3.05) is 31.3 Å². The van der Waals surface area contributed by atoms with Crippen LogP contribution in [0.15, 0.2) is 36.4 Å². The molecule has 0 fully saturated rings.